The van der Waals surface area contributed by atoms with Gasteiger partial charge in [-0.15, -0.1) is 0 Å². The molecule has 1 atom stereocenters. The Balaban J connectivity index is -0.00000116. The van der Waals surface area contributed by atoms with Gasteiger partial charge in [-0.25, -0.2) is 0 Å². The summed E-state index contributed by atoms with van der Waals surface area (Å²) >= 11 is 0. The zero-order chi connectivity index (χ0) is 32.8. The minimum absolute atomic E-state index is 0. The average molecular weight is 713 g/mol. The van der Waals surface area contributed by atoms with Crippen LogP contribution in [-0.4, -0.2) is 161 Å². The molecule has 1 N–H and O–H groups in total. The molecule has 1 unspecified atom stereocenters. The number of hydrogen-bond donors (Lipinski definition) is 1. The molecule has 0 aromatic rings. The minimum atomic E-state index is -5.17. The smallest absolute Gasteiger partial charge is 0.759 e. The van der Waals surface area contributed by atoms with E-state index >= 15 is 0 Å². The molecular weight excluding hydrogens is 654 g/mol. The summed E-state index contributed by atoms with van der Waals surface area (Å²) in [4.78, 5) is 0. The standard InChI is InChI=1S/C28H58O11.2Na.H2O4S/c1-3-5-6-28(4-2)27-39-26-25-38-24-23-37-22-21-36-20-19-35-18-17-34-16-15-33-14-13-32-12-11-31-10-9-30-8-7-29;;;1-5(2,3)4/h28-29H,3-27H2,1-2H3;;;(H2,1,2,3,4)/q;2*+1;/p-2. The van der Waals surface area contributed by atoms with Crippen molar-refractivity contribution in [2.45, 2.75) is 39.5 Å². The van der Waals surface area contributed by atoms with Crippen LogP contribution in [0.1, 0.15) is 39.5 Å². The Morgan fingerprint density at radius 2 is 0.739 bits per heavy atom. The van der Waals surface area contributed by atoms with Crippen LogP contribution in [0.2, 0.25) is 0 Å². The Hall–Kier alpha value is 1.43. The fourth-order valence-corrected chi connectivity index (χ4v) is 3.19. The van der Waals surface area contributed by atoms with Crippen LogP contribution in [-0.2, 0) is 57.8 Å². The molecule has 0 radical (unpaired) electrons. The van der Waals surface area contributed by atoms with Crippen molar-refractivity contribution < 1.29 is 129 Å². The molecule has 0 aliphatic carbocycles. The number of unbranched alkanes of at least 4 members (excludes halogenated alkanes) is 1. The summed E-state index contributed by atoms with van der Waals surface area (Å²) in [6, 6.07) is 0. The third kappa shape index (κ3) is 57.7. The monoisotopic (exact) mass is 712 g/mol. The van der Waals surface area contributed by atoms with E-state index in [1.165, 1.54) is 25.7 Å². The summed E-state index contributed by atoms with van der Waals surface area (Å²) in [5, 5.41) is 8.57. The topological polar surface area (TPSA) is 193 Å². The first-order valence-electron chi connectivity index (χ1n) is 15.4. The van der Waals surface area contributed by atoms with Crippen molar-refractivity contribution in [2.75, 3.05) is 139 Å². The minimum Gasteiger partial charge on any atom is -0.759 e. The number of aliphatic hydroxyl groups is 1. The molecule has 0 saturated heterocycles. The molecule has 0 rings (SSSR count). The third-order valence-corrected chi connectivity index (χ3v) is 5.48. The zero-order valence-electron chi connectivity index (χ0n) is 28.8. The fourth-order valence-electron chi connectivity index (χ4n) is 3.19. The van der Waals surface area contributed by atoms with Gasteiger partial charge in [-0.05, 0) is 12.3 Å². The van der Waals surface area contributed by atoms with Crippen molar-refractivity contribution in [3.05, 3.63) is 0 Å². The second-order valence-electron chi connectivity index (χ2n) is 9.13. The van der Waals surface area contributed by atoms with Crippen LogP contribution in [0.15, 0.2) is 0 Å². The molecule has 18 heteroatoms. The molecule has 46 heavy (non-hydrogen) atoms. The van der Waals surface area contributed by atoms with Gasteiger partial charge >= 0.3 is 59.1 Å². The van der Waals surface area contributed by atoms with Crippen molar-refractivity contribution in [2.24, 2.45) is 5.92 Å². The van der Waals surface area contributed by atoms with E-state index in [9.17, 15) is 0 Å². The van der Waals surface area contributed by atoms with Gasteiger partial charge in [-0.1, -0.05) is 33.1 Å². The normalized spacial score (nSPS) is 11.8. The maximum Gasteiger partial charge on any atom is 1.00 e. The SMILES string of the molecule is CCCCC(CC)COCCOCCOCCOCCOCCOCCOCCOCCOCCOCCO.O=S(=O)([O-])[O-].[Na+].[Na+]. The Morgan fingerprint density at radius 1 is 0.500 bits per heavy atom. The largest absolute Gasteiger partial charge is 1.00 e. The van der Waals surface area contributed by atoms with E-state index in [0.29, 0.717) is 131 Å². The molecule has 0 amide bonds. The average Bonchev–Trinajstić information content (AvgIpc) is 2.98. The Kier molecular flexibility index (Phi) is 54.7. The molecule has 0 spiro atoms. The molecule has 0 heterocycles. The fraction of sp³-hybridized carbons (Fsp3) is 1.00. The predicted molar refractivity (Wildman–Crippen MR) is 159 cm³/mol. The van der Waals surface area contributed by atoms with Gasteiger partial charge in [-0.2, -0.15) is 0 Å². The van der Waals surface area contributed by atoms with Crippen molar-refractivity contribution in [3.8, 4) is 0 Å². The maximum absolute atomic E-state index is 8.57. The van der Waals surface area contributed by atoms with Crippen LogP contribution in [0.25, 0.3) is 0 Å². The van der Waals surface area contributed by atoms with E-state index in [-0.39, 0.29) is 65.7 Å². The van der Waals surface area contributed by atoms with Gasteiger partial charge in [0.2, 0.25) is 0 Å². The van der Waals surface area contributed by atoms with Crippen LogP contribution in [0.3, 0.4) is 0 Å². The van der Waals surface area contributed by atoms with Gasteiger partial charge in [0.15, 0.2) is 0 Å². The van der Waals surface area contributed by atoms with Gasteiger partial charge in [0, 0.05) is 17.0 Å². The number of aliphatic hydroxyl groups excluding tert-OH is 1. The molecule has 0 aliphatic rings. The molecule has 0 aromatic heterocycles. The van der Waals surface area contributed by atoms with Crippen molar-refractivity contribution in [1.82, 2.24) is 0 Å². The summed E-state index contributed by atoms with van der Waals surface area (Å²) in [6.45, 7) is 15.3. The van der Waals surface area contributed by atoms with E-state index in [2.05, 4.69) is 13.8 Å². The van der Waals surface area contributed by atoms with Crippen LogP contribution in [0.4, 0.5) is 0 Å². The van der Waals surface area contributed by atoms with E-state index in [1.54, 1.807) is 0 Å². The quantitative estimate of drug-likeness (QED) is 0.0284. The molecule has 0 bridgehead atoms. The van der Waals surface area contributed by atoms with Crippen molar-refractivity contribution in [3.63, 3.8) is 0 Å². The third-order valence-electron chi connectivity index (χ3n) is 5.48. The second kappa shape index (κ2) is 46.4. The second-order valence-corrected chi connectivity index (χ2v) is 9.95. The van der Waals surface area contributed by atoms with Crippen molar-refractivity contribution >= 4 is 10.4 Å². The summed E-state index contributed by atoms with van der Waals surface area (Å²) in [5.41, 5.74) is 0. The summed E-state index contributed by atoms with van der Waals surface area (Å²) < 4.78 is 88.5. The number of rotatable bonds is 35. The van der Waals surface area contributed by atoms with Crippen molar-refractivity contribution in [1.29, 1.82) is 0 Å². The Morgan fingerprint density at radius 3 is 0.957 bits per heavy atom. The number of hydrogen-bond acceptors (Lipinski definition) is 15. The van der Waals surface area contributed by atoms with Crippen LogP contribution < -0.4 is 59.1 Å². The molecule has 15 nitrogen and oxygen atoms in total. The van der Waals surface area contributed by atoms with Crippen LogP contribution in [0, 0.1) is 5.92 Å². The molecular formula is C28H58Na2O15S. The van der Waals surface area contributed by atoms with Gasteiger partial charge in [-0.3, -0.25) is 8.42 Å². The molecule has 0 aromatic carbocycles. The van der Waals surface area contributed by atoms with E-state index in [4.69, 9.17) is 70.0 Å². The first kappa shape index (κ1) is 54.2. The first-order valence-corrected chi connectivity index (χ1v) is 16.7. The molecule has 0 aliphatic heterocycles. The Labute approximate surface area is 321 Å². The van der Waals surface area contributed by atoms with E-state index < -0.39 is 10.4 Å². The van der Waals surface area contributed by atoms with Gasteiger partial charge < -0.3 is 61.6 Å². The predicted octanol–water partition coefficient (Wildman–Crippen LogP) is -4.97. The Bertz CT molecular complexity index is 632. The molecule has 0 fully saturated rings. The van der Waals surface area contributed by atoms with Gasteiger partial charge in [0.1, 0.15) is 0 Å². The molecule has 0 saturated carbocycles. The summed E-state index contributed by atoms with van der Waals surface area (Å²) in [6.07, 6.45) is 4.95. The summed E-state index contributed by atoms with van der Waals surface area (Å²) in [5.74, 6) is 0.669. The van der Waals surface area contributed by atoms with Gasteiger partial charge in [0.25, 0.3) is 0 Å². The van der Waals surface area contributed by atoms with Crippen LogP contribution in [0.5, 0.6) is 0 Å². The first-order chi connectivity index (χ1) is 21.3. The summed E-state index contributed by atoms with van der Waals surface area (Å²) in [7, 11) is -5.17. The number of ether oxygens (including phenoxy) is 10. The van der Waals surface area contributed by atoms with Gasteiger partial charge in [0.05, 0.1) is 132 Å². The maximum atomic E-state index is 8.57. The zero-order valence-corrected chi connectivity index (χ0v) is 33.6. The van der Waals surface area contributed by atoms with E-state index in [1.807, 2.05) is 0 Å². The molecule has 268 valence electrons. The van der Waals surface area contributed by atoms with Crippen LogP contribution >= 0.6 is 0 Å². The van der Waals surface area contributed by atoms with E-state index in [0.717, 1.165) is 6.61 Å².